The van der Waals surface area contributed by atoms with E-state index in [9.17, 15) is 0 Å². The highest BCUT2D eigenvalue weighted by Crippen LogP contribution is 2.31. The molecule has 1 aliphatic rings. The van der Waals surface area contributed by atoms with E-state index in [1.165, 1.54) is 6.33 Å². The summed E-state index contributed by atoms with van der Waals surface area (Å²) in [5.41, 5.74) is 4.57. The van der Waals surface area contributed by atoms with E-state index < -0.39 is 0 Å². The molecule has 0 fully saturated rings. The van der Waals surface area contributed by atoms with Crippen molar-refractivity contribution in [3.05, 3.63) is 65.1 Å². The maximum Gasteiger partial charge on any atom is 0.263 e. The first kappa shape index (κ1) is 16.6. The fourth-order valence-electron chi connectivity index (χ4n) is 3.50. The van der Waals surface area contributed by atoms with Gasteiger partial charge in [-0.15, -0.1) is 0 Å². The maximum atomic E-state index is 5.26. The quantitative estimate of drug-likeness (QED) is 0.539. The smallest absolute Gasteiger partial charge is 0.263 e. The van der Waals surface area contributed by atoms with Gasteiger partial charge in [-0.05, 0) is 24.6 Å². The standard InChI is InChI=1S/C20H18N6O2/c1-12-18-19(22-11-23-20(18)28-25-12)26-9-14-8-21-17(24-16(14)10-26)7-13-3-5-15(27-2)6-4-13/h3-6,8,11H,7,9-10H2,1-2H3. The second kappa shape index (κ2) is 6.56. The van der Waals surface area contributed by atoms with E-state index in [1.807, 2.05) is 37.4 Å². The highest BCUT2D eigenvalue weighted by Gasteiger charge is 2.26. The topological polar surface area (TPSA) is 90.1 Å². The van der Waals surface area contributed by atoms with Crippen LogP contribution < -0.4 is 9.64 Å². The molecule has 28 heavy (non-hydrogen) atoms. The summed E-state index contributed by atoms with van der Waals surface area (Å²) in [5, 5.41) is 4.86. The van der Waals surface area contributed by atoms with Crippen LogP contribution in [0.3, 0.4) is 0 Å². The summed E-state index contributed by atoms with van der Waals surface area (Å²) in [7, 11) is 1.66. The molecule has 0 saturated carbocycles. The molecule has 4 heterocycles. The Hall–Kier alpha value is -3.55. The molecule has 0 aliphatic carbocycles. The number of rotatable bonds is 4. The zero-order valence-electron chi connectivity index (χ0n) is 15.6. The Morgan fingerprint density at radius 2 is 1.96 bits per heavy atom. The van der Waals surface area contributed by atoms with Crippen molar-refractivity contribution in [3.8, 4) is 5.75 Å². The van der Waals surface area contributed by atoms with Gasteiger partial charge >= 0.3 is 0 Å². The molecule has 0 radical (unpaired) electrons. The predicted molar refractivity (Wildman–Crippen MR) is 102 cm³/mol. The zero-order chi connectivity index (χ0) is 19.1. The van der Waals surface area contributed by atoms with Gasteiger partial charge in [-0.25, -0.2) is 15.0 Å². The number of methoxy groups -OCH3 is 1. The van der Waals surface area contributed by atoms with Crippen molar-refractivity contribution in [3.63, 3.8) is 0 Å². The van der Waals surface area contributed by atoms with E-state index in [0.29, 0.717) is 25.2 Å². The molecule has 0 amide bonds. The zero-order valence-corrected chi connectivity index (χ0v) is 15.6. The van der Waals surface area contributed by atoms with Gasteiger partial charge in [0.15, 0.2) is 0 Å². The van der Waals surface area contributed by atoms with Crippen molar-refractivity contribution in [2.45, 2.75) is 26.4 Å². The third-order valence-electron chi connectivity index (χ3n) is 4.95. The van der Waals surface area contributed by atoms with Crippen LogP contribution in [0, 0.1) is 6.92 Å². The first-order chi connectivity index (χ1) is 13.7. The molecule has 0 spiro atoms. The van der Waals surface area contributed by atoms with Crippen LogP contribution in [0.4, 0.5) is 5.82 Å². The van der Waals surface area contributed by atoms with Crippen LogP contribution in [0.25, 0.3) is 11.1 Å². The van der Waals surface area contributed by atoms with Gasteiger partial charge in [0.05, 0.1) is 25.0 Å². The van der Waals surface area contributed by atoms with Crippen LogP contribution in [0.5, 0.6) is 5.75 Å². The molecule has 0 bridgehead atoms. The minimum atomic E-state index is 0.504. The first-order valence-corrected chi connectivity index (χ1v) is 9.00. The summed E-state index contributed by atoms with van der Waals surface area (Å²) >= 11 is 0. The van der Waals surface area contributed by atoms with Crippen molar-refractivity contribution in [2.24, 2.45) is 0 Å². The van der Waals surface area contributed by atoms with Crippen molar-refractivity contribution >= 4 is 16.9 Å². The van der Waals surface area contributed by atoms with Crippen LogP contribution in [0.1, 0.15) is 28.3 Å². The van der Waals surface area contributed by atoms with Gasteiger partial charge in [-0.1, -0.05) is 17.3 Å². The number of nitrogens with zero attached hydrogens (tertiary/aromatic N) is 6. The molecule has 8 heteroatoms. The van der Waals surface area contributed by atoms with Crippen LogP contribution in [-0.4, -0.2) is 32.2 Å². The molecule has 4 aromatic rings. The number of ether oxygens (including phenoxy) is 1. The number of aryl methyl sites for hydroxylation is 1. The number of hydrogen-bond donors (Lipinski definition) is 0. The summed E-state index contributed by atoms with van der Waals surface area (Å²) in [6.07, 6.45) is 4.10. The van der Waals surface area contributed by atoms with Crippen LogP contribution >= 0.6 is 0 Å². The van der Waals surface area contributed by atoms with Crippen LogP contribution in [-0.2, 0) is 19.5 Å². The van der Waals surface area contributed by atoms with Gasteiger partial charge < -0.3 is 14.2 Å². The Bertz CT molecular complexity index is 1160. The molecular formula is C20H18N6O2. The predicted octanol–water partition coefficient (Wildman–Crippen LogP) is 2.84. The third-order valence-corrected chi connectivity index (χ3v) is 4.95. The lowest BCUT2D eigenvalue weighted by Gasteiger charge is -2.16. The molecule has 8 nitrogen and oxygen atoms in total. The van der Waals surface area contributed by atoms with Gasteiger partial charge in [0.1, 0.15) is 29.1 Å². The highest BCUT2D eigenvalue weighted by molar-refractivity contribution is 5.88. The number of anilines is 1. The number of aromatic nitrogens is 5. The number of hydrogen-bond acceptors (Lipinski definition) is 8. The largest absolute Gasteiger partial charge is 0.497 e. The Morgan fingerprint density at radius 3 is 2.79 bits per heavy atom. The number of fused-ring (bicyclic) bond motifs is 2. The normalized spacial score (nSPS) is 13.1. The molecular weight excluding hydrogens is 356 g/mol. The summed E-state index contributed by atoms with van der Waals surface area (Å²) < 4.78 is 10.5. The van der Waals surface area contributed by atoms with Gasteiger partial charge in [-0.2, -0.15) is 4.98 Å². The van der Waals surface area contributed by atoms with Gasteiger partial charge in [0.25, 0.3) is 5.71 Å². The summed E-state index contributed by atoms with van der Waals surface area (Å²) in [6, 6.07) is 7.97. The minimum Gasteiger partial charge on any atom is -0.497 e. The molecule has 0 atom stereocenters. The second-order valence-corrected chi connectivity index (χ2v) is 6.78. The summed E-state index contributed by atoms with van der Waals surface area (Å²) in [6.45, 7) is 3.27. The second-order valence-electron chi connectivity index (χ2n) is 6.78. The SMILES string of the molecule is COc1ccc(Cc2ncc3c(n2)CN(c2ncnc4onc(C)c24)C3)cc1. The van der Waals surface area contributed by atoms with Gasteiger partial charge in [-0.3, -0.25) is 0 Å². The Morgan fingerprint density at radius 1 is 1.11 bits per heavy atom. The van der Waals surface area contributed by atoms with E-state index in [2.05, 4.69) is 25.0 Å². The van der Waals surface area contributed by atoms with E-state index in [0.717, 1.165) is 45.3 Å². The monoisotopic (exact) mass is 374 g/mol. The Kier molecular flexibility index (Phi) is 3.89. The molecule has 0 N–H and O–H groups in total. The van der Waals surface area contributed by atoms with E-state index in [1.54, 1.807) is 7.11 Å². The average molecular weight is 374 g/mol. The number of benzene rings is 1. The molecule has 5 rings (SSSR count). The third kappa shape index (κ3) is 2.83. The van der Waals surface area contributed by atoms with E-state index >= 15 is 0 Å². The van der Waals surface area contributed by atoms with Gasteiger partial charge in [0.2, 0.25) is 0 Å². The lowest BCUT2D eigenvalue weighted by molar-refractivity contribution is 0.414. The lowest BCUT2D eigenvalue weighted by atomic mass is 10.1. The molecule has 3 aromatic heterocycles. The van der Waals surface area contributed by atoms with E-state index in [4.69, 9.17) is 14.2 Å². The molecule has 0 saturated heterocycles. The minimum absolute atomic E-state index is 0.504. The summed E-state index contributed by atoms with van der Waals surface area (Å²) in [5.74, 6) is 2.47. The first-order valence-electron chi connectivity index (χ1n) is 9.00. The van der Waals surface area contributed by atoms with Crippen molar-refractivity contribution in [1.29, 1.82) is 0 Å². The Labute approximate surface area is 161 Å². The van der Waals surface area contributed by atoms with Crippen molar-refractivity contribution in [1.82, 2.24) is 25.1 Å². The molecule has 0 unspecified atom stereocenters. The fourth-order valence-corrected chi connectivity index (χ4v) is 3.50. The van der Waals surface area contributed by atoms with Crippen LogP contribution in [0.2, 0.25) is 0 Å². The molecule has 1 aliphatic heterocycles. The molecule has 1 aromatic carbocycles. The van der Waals surface area contributed by atoms with Crippen molar-refractivity contribution < 1.29 is 9.26 Å². The fraction of sp³-hybridized carbons (Fsp3) is 0.250. The highest BCUT2D eigenvalue weighted by atomic mass is 16.5. The van der Waals surface area contributed by atoms with Crippen LogP contribution in [0.15, 0.2) is 41.3 Å². The van der Waals surface area contributed by atoms with Gasteiger partial charge in [0, 0.05) is 24.7 Å². The maximum absolute atomic E-state index is 5.26. The van der Waals surface area contributed by atoms with E-state index in [-0.39, 0.29) is 0 Å². The summed E-state index contributed by atoms with van der Waals surface area (Å²) in [4.78, 5) is 20.1. The Balaban J connectivity index is 1.40. The molecule has 140 valence electrons. The van der Waals surface area contributed by atoms with Crippen molar-refractivity contribution in [2.75, 3.05) is 12.0 Å². The average Bonchev–Trinajstić information content (AvgIpc) is 3.32. The lowest BCUT2D eigenvalue weighted by Crippen LogP contribution is -2.16.